The quantitative estimate of drug-likeness (QED) is 0.853. The second-order valence-corrected chi connectivity index (χ2v) is 6.23. The molecule has 1 aliphatic rings. The summed E-state index contributed by atoms with van der Waals surface area (Å²) in [6.45, 7) is 0. The van der Waals surface area contributed by atoms with Crippen molar-refractivity contribution in [1.29, 1.82) is 0 Å². The number of carbonyl (C=O) groups is 2. The van der Waals surface area contributed by atoms with Crippen LogP contribution in [0.4, 0.5) is 5.69 Å². The number of amides is 1. The molecule has 0 spiro atoms. The Morgan fingerprint density at radius 1 is 1.10 bits per heavy atom. The SMILES string of the molecule is O=C(CCC(=O)c1cccs1)Nc1ccc2c(c1)CCC2. The van der Waals surface area contributed by atoms with Crippen LogP contribution in [0.1, 0.15) is 40.1 Å². The van der Waals surface area contributed by atoms with Crippen molar-refractivity contribution in [3.05, 3.63) is 51.7 Å². The van der Waals surface area contributed by atoms with Crippen LogP contribution in [0.15, 0.2) is 35.7 Å². The fourth-order valence-electron chi connectivity index (χ4n) is 2.66. The number of rotatable bonds is 5. The molecule has 2 aromatic rings. The fraction of sp³-hybridized carbons (Fsp3) is 0.294. The Hall–Kier alpha value is -1.94. The maximum absolute atomic E-state index is 11.9. The minimum Gasteiger partial charge on any atom is -0.326 e. The molecule has 1 aromatic heterocycles. The Balaban J connectivity index is 1.53. The van der Waals surface area contributed by atoms with Crippen LogP contribution >= 0.6 is 11.3 Å². The lowest BCUT2D eigenvalue weighted by Gasteiger charge is -2.07. The summed E-state index contributed by atoms with van der Waals surface area (Å²) in [5.41, 5.74) is 3.56. The van der Waals surface area contributed by atoms with E-state index in [2.05, 4.69) is 17.4 Å². The van der Waals surface area contributed by atoms with Crippen molar-refractivity contribution in [3.8, 4) is 0 Å². The van der Waals surface area contributed by atoms with Gasteiger partial charge >= 0.3 is 0 Å². The first-order valence-electron chi connectivity index (χ1n) is 7.21. The van der Waals surface area contributed by atoms with Crippen molar-refractivity contribution in [3.63, 3.8) is 0 Å². The predicted octanol–water partition coefficient (Wildman–Crippen LogP) is 3.84. The van der Waals surface area contributed by atoms with Gasteiger partial charge in [-0.25, -0.2) is 0 Å². The molecule has 0 aliphatic heterocycles. The number of Topliss-reactive ketones (excluding diaryl/α,β-unsaturated/α-hetero) is 1. The van der Waals surface area contributed by atoms with Crippen LogP contribution in [-0.4, -0.2) is 11.7 Å². The van der Waals surface area contributed by atoms with E-state index in [1.54, 1.807) is 6.07 Å². The topological polar surface area (TPSA) is 46.2 Å². The van der Waals surface area contributed by atoms with Gasteiger partial charge in [0.2, 0.25) is 5.91 Å². The number of benzene rings is 1. The molecule has 0 fully saturated rings. The molecule has 0 radical (unpaired) electrons. The molecule has 3 nitrogen and oxygen atoms in total. The van der Waals surface area contributed by atoms with Crippen LogP contribution in [0.2, 0.25) is 0 Å². The highest BCUT2D eigenvalue weighted by Gasteiger charge is 2.13. The number of hydrogen-bond donors (Lipinski definition) is 1. The molecule has 0 saturated carbocycles. The molecule has 1 aliphatic carbocycles. The lowest BCUT2D eigenvalue weighted by atomic mass is 10.1. The highest BCUT2D eigenvalue weighted by atomic mass is 32.1. The normalized spacial score (nSPS) is 13.0. The summed E-state index contributed by atoms with van der Waals surface area (Å²) in [7, 11) is 0. The number of carbonyl (C=O) groups excluding carboxylic acids is 2. The van der Waals surface area contributed by atoms with Crippen molar-refractivity contribution >= 4 is 28.7 Å². The highest BCUT2D eigenvalue weighted by Crippen LogP contribution is 2.25. The van der Waals surface area contributed by atoms with Crippen molar-refractivity contribution < 1.29 is 9.59 Å². The van der Waals surface area contributed by atoms with E-state index in [1.807, 2.05) is 17.5 Å². The van der Waals surface area contributed by atoms with Gasteiger partial charge in [-0.3, -0.25) is 9.59 Å². The molecular weight excluding hydrogens is 282 g/mol. The van der Waals surface area contributed by atoms with Gasteiger partial charge in [-0.1, -0.05) is 12.1 Å². The molecule has 1 N–H and O–H groups in total. The maximum Gasteiger partial charge on any atom is 0.224 e. The zero-order chi connectivity index (χ0) is 14.7. The summed E-state index contributed by atoms with van der Waals surface area (Å²) < 4.78 is 0. The monoisotopic (exact) mass is 299 g/mol. The number of fused-ring (bicyclic) bond motifs is 1. The Morgan fingerprint density at radius 3 is 2.76 bits per heavy atom. The minimum atomic E-state index is -0.0992. The summed E-state index contributed by atoms with van der Waals surface area (Å²) in [5.74, 6) is -0.0630. The predicted molar refractivity (Wildman–Crippen MR) is 85.0 cm³/mol. The molecule has 0 atom stereocenters. The summed E-state index contributed by atoms with van der Waals surface area (Å²) in [5, 5.41) is 4.76. The third-order valence-electron chi connectivity index (χ3n) is 3.76. The van der Waals surface area contributed by atoms with E-state index >= 15 is 0 Å². The number of nitrogens with one attached hydrogen (secondary N) is 1. The van der Waals surface area contributed by atoms with E-state index in [-0.39, 0.29) is 24.5 Å². The standard InChI is InChI=1S/C17H17NO2S/c19-15(16-5-2-10-21-16)8-9-17(20)18-14-7-6-12-3-1-4-13(12)11-14/h2,5-7,10-11H,1,3-4,8-9H2,(H,18,20). The number of hydrogen-bond acceptors (Lipinski definition) is 3. The number of aryl methyl sites for hydroxylation is 2. The Bertz CT molecular complexity index is 661. The summed E-state index contributed by atoms with van der Waals surface area (Å²) >= 11 is 1.42. The van der Waals surface area contributed by atoms with Gasteiger partial charge in [0.05, 0.1) is 4.88 Å². The third-order valence-corrected chi connectivity index (χ3v) is 4.67. The van der Waals surface area contributed by atoms with E-state index in [4.69, 9.17) is 0 Å². The highest BCUT2D eigenvalue weighted by molar-refractivity contribution is 7.12. The Morgan fingerprint density at radius 2 is 1.95 bits per heavy atom. The van der Waals surface area contributed by atoms with Gasteiger partial charge < -0.3 is 5.32 Å². The van der Waals surface area contributed by atoms with Crippen LogP contribution in [0, 0.1) is 0 Å². The lowest BCUT2D eigenvalue weighted by Crippen LogP contribution is -2.13. The van der Waals surface area contributed by atoms with Gasteiger partial charge in [0.1, 0.15) is 0 Å². The first-order valence-corrected chi connectivity index (χ1v) is 8.09. The van der Waals surface area contributed by atoms with Gasteiger partial charge in [-0.15, -0.1) is 11.3 Å². The summed E-state index contributed by atoms with van der Waals surface area (Å²) in [6.07, 6.45) is 3.92. The molecule has 1 aromatic carbocycles. The molecule has 0 unspecified atom stereocenters. The van der Waals surface area contributed by atoms with Gasteiger partial charge in [0, 0.05) is 18.5 Å². The van der Waals surface area contributed by atoms with Crippen LogP contribution < -0.4 is 5.32 Å². The molecule has 108 valence electrons. The third kappa shape index (κ3) is 3.39. The van der Waals surface area contributed by atoms with Gasteiger partial charge in [-0.05, 0) is 54.0 Å². The molecule has 3 rings (SSSR count). The zero-order valence-corrected chi connectivity index (χ0v) is 12.5. The number of anilines is 1. The van der Waals surface area contributed by atoms with E-state index in [0.717, 1.165) is 23.4 Å². The molecule has 0 bridgehead atoms. The second-order valence-electron chi connectivity index (χ2n) is 5.29. The first kappa shape index (κ1) is 14.0. The average molecular weight is 299 g/mol. The van der Waals surface area contributed by atoms with Gasteiger partial charge in [0.15, 0.2) is 5.78 Å². The smallest absolute Gasteiger partial charge is 0.224 e. The molecule has 1 amide bonds. The van der Waals surface area contributed by atoms with Crippen LogP contribution in [-0.2, 0) is 17.6 Å². The van der Waals surface area contributed by atoms with Crippen molar-refractivity contribution in [2.45, 2.75) is 32.1 Å². The van der Waals surface area contributed by atoms with E-state index in [9.17, 15) is 9.59 Å². The second kappa shape index (κ2) is 6.22. The maximum atomic E-state index is 11.9. The van der Waals surface area contributed by atoms with Gasteiger partial charge in [0.25, 0.3) is 0 Å². The molecule has 1 heterocycles. The van der Waals surface area contributed by atoms with E-state index in [0.29, 0.717) is 0 Å². The molecular formula is C17H17NO2S. The zero-order valence-electron chi connectivity index (χ0n) is 11.7. The largest absolute Gasteiger partial charge is 0.326 e. The molecule has 4 heteroatoms. The fourth-order valence-corrected chi connectivity index (χ4v) is 3.35. The Labute approximate surface area is 128 Å². The number of thiophene rings is 1. The van der Waals surface area contributed by atoms with Crippen molar-refractivity contribution in [1.82, 2.24) is 0 Å². The first-order chi connectivity index (χ1) is 10.2. The number of ketones is 1. The summed E-state index contributed by atoms with van der Waals surface area (Å²) in [4.78, 5) is 24.5. The van der Waals surface area contributed by atoms with Crippen molar-refractivity contribution in [2.75, 3.05) is 5.32 Å². The van der Waals surface area contributed by atoms with Crippen LogP contribution in [0.5, 0.6) is 0 Å². The van der Waals surface area contributed by atoms with Gasteiger partial charge in [-0.2, -0.15) is 0 Å². The van der Waals surface area contributed by atoms with Crippen LogP contribution in [0.25, 0.3) is 0 Å². The van der Waals surface area contributed by atoms with Crippen molar-refractivity contribution in [2.24, 2.45) is 0 Å². The van der Waals surface area contributed by atoms with E-state index < -0.39 is 0 Å². The molecule has 21 heavy (non-hydrogen) atoms. The Kier molecular flexibility index (Phi) is 4.15. The van der Waals surface area contributed by atoms with E-state index in [1.165, 1.54) is 28.9 Å². The minimum absolute atomic E-state index is 0.0362. The van der Waals surface area contributed by atoms with Crippen LogP contribution in [0.3, 0.4) is 0 Å². The lowest BCUT2D eigenvalue weighted by molar-refractivity contribution is -0.116. The molecule has 0 saturated heterocycles. The summed E-state index contributed by atoms with van der Waals surface area (Å²) in [6, 6.07) is 9.74. The average Bonchev–Trinajstić information content (AvgIpc) is 3.15.